The van der Waals surface area contributed by atoms with Gasteiger partial charge in [-0.15, -0.1) is 21.9 Å². The van der Waals surface area contributed by atoms with Crippen molar-refractivity contribution in [1.82, 2.24) is 9.55 Å². The first-order valence-electron chi connectivity index (χ1n) is 16.0. The minimum atomic E-state index is -1.73. The second-order valence-electron chi connectivity index (χ2n) is 12.9. The Morgan fingerprint density at radius 3 is 1.43 bits per heavy atom. The molecule has 0 spiro atoms. The van der Waals surface area contributed by atoms with Crippen LogP contribution in [-0.2, 0) is 5.11 Å². The normalized spacial score (nSPS) is 12.0. The summed E-state index contributed by atoms with van der Waals surface area (Å²) in [4.78, 5) is 4.63. The van der Waals surface area contributed by atoms with Gasteiger partial charge in [0.1, 0.15) is 62.8 Å². The molecular formula is C38H15B11N2. The highest BCUT2D eigenvalue weighted by Crippen LogP contribution is 2.41. The number of fused-ring (bicyclic) bond motifs is 4. The van der Waals surface area contributed by atoms with E-state index in [2.05, 4.69) is 4.98 Å². The zero-order valence-electron chi connectivity index (χ0n) is 27.4. The lowest BCUT2D eigenvalue weighted by atomic mass is 9.42. The van der Waals surface area contributed by atoms with Crippen molar-refractivity contribution in [3.8, 4) is 27.9 Å². The zero-order valence-corrected chi connectivity index (χ0v) is 27.4. The van der Waals surface area contributed by atoms with Crippen LogP contribution < -0.4 is 43.7 Å². The molecule has 0 aliphatic heterocycles. The molecule has 0 fully saturated rings. The molecule has 210 valence electrons. The second kappa shape index (κ2) is 12.0. The summed E-state index contributed by atoms with van der Waals surface area (Å²) in [5, 5.41) is 2.44. The van der Waals surface area contributed by atoms with E-state index in [1.165, 1.54) is 0 Å². The Morgan fingerprint density at radius 1 is 0.451 bits per heavy atom. The number of benzene rings is 7. The van der Waals surface area contributed by atoms with E-state index in [9.17, 15) is 0 Å². The first kappa shape index (κ1) is 33.6. The van der Waals surface area contributed by atoms with Crippen molar-refractivity contribution < 1.29 is 0 Å². The summed E-state index contributed by atoms with van der Waals surface area (Å²) in [6, 6.07) is 29.1. The van der Waals surface area contributed by atoms with Gasteiger partial charge in [-0.05, 0) is 84.9 Å². The van der Waals surface area contributed by atoms with Crippen LogP contribution >= 0.6 is 0 Å². The molecule has 2 nitrogen and oxygen atoms in total. The predicted molar refractivity (Wildman–Crippen MR) is 227 cm³/mol. The summed E-state index contributed by atoms with van der Waals surface area (Å²) < 4.78 is 1.81. The lowest BCUT2D eigenvalue weighted by Gasteiger charge is -2.28. The topological polar surface area (TPSA) is 17.8 Å². The Kier molecular flexibility index (Phi) is 7.94. The number of nitrogens with zero attached hydrogens (tertiary/aromatic N) is 2. The van der Waals surface area contributed by atoms with Gasteiger partial charge in [0.15, 0.2) is 0 Å². The van der Waals surface area contributed by atoms with Gasteiger partial charge in [0.2, 0.25) is 0 Å². The van der Waals surface area contributed by atoms with E-state index in [1.54, 1.807) is 0 Å². The molecule has 22 radical (unpaired) electrons. The molecule has 0 saturated carbocycles. The molecule has 0 unspecified atom stereocenters. The van der Waals surface area contributed by atoms with Gasteiger partial charge in [0, 0.05) is 5.69 Å². The number of hydrogen-bond donors (Lipinski definition) is 0. The molecule has 13 heteroatoms. The lowest BCUT2D eigenvalue weighted by molar-refractivity contribution is 0.929. The molecule has 0 aliphatic rings. The number of imidazole rings is 1. The first-order chi connectivity index (χ1) is 24.3. The standard InChI is InChI=1S/C38H15B11N2/c39-29-25-23(17-11-13-20(14-12-17)51-22-8-4-3-7-21(22)50-37(51)38(47,48)49)26-28(32(42)36(46)34(44)30(26)40)24(27(25)31(41)35(45)33(29)43)19-10-9-16-5-1-2-6-18(16)15-19/h1-15H. The van der Waals surface area contributed by atoms with Gasteiger partial charge in [-0.3, -0.25) is 4.57 Å². The van der Waals surface area contributed by atoms with Gasteiger partial charge in [0.25, 0.3) is 0 Å². The molecule has 1 aromatic heterocycles. The highest BCUT2D eigenvalue weighted by atomic mass is 15.1. The van der Waals surface area contributed by atoms with Gasteiger partial charge >= 0.3 is 0 Å². The summed E-state index contributed by atoms with van der Waals surface area (Å²) in [5.74, 6) is 0.271. The van der Waals surface area contributed by atoms with Crippen LogP contribution in [0.1, 0.15) is 5.82 Å². The molecule has 0 amide bonds. The van der Waals surface area contributed by atoms with E-state index in [1.807, 2.05) is 95.6 Å². The first-order valence-corrected chi connectivity index (χ1v) is 16.0. The van der Waals surface area contributed by atoms with Gasteiger partial charge in [-0.25, -0.2) is 4.98 Å². The molecule has 0 atom stereocenters. The molecule has 0 saturated heterocycles. The van der Waals surface area contributed by atoms with E-state index in [4.69, 9.17) is 86.3 Å². The number of para-hydroxylation sites is 2. The zero-order chi connectivity index (χ0) is 36.1. The van der Waals surface area contributed by atoms with E-state index < -0.39 is 5.11 Å². The van der Waals surface area contributed by atoms with Crippen LogP contribution in [-0.4, -0.2) is 95.9 Å². The number of aromatic nitrogens is 2. The molecule has 7 aromatic carbocycles. The highest BCUT2D eigenvalue weighted by molar-refractivity contribution is 6.71. The van der Waals surface area contributed by atoms with Crippen molar-refractivity contribution in [2.45, 2.75) is 5.11 Å². The fourth-order valence-corrected chi connectivity index (χ4v) is 7.22. The minimum Gasteiger partial charge on any atom is -0.298 e. The summed E-state index contributed by atoms with van der Waals surface area (Å²) in [6.07, 6.45) is 0. The van der Waals surface area contributed by atoms with Crippen LogP contribution in [0.4, 0.5) is 0 Å². The van der Waals surface area contributed by atoms with E-state index >= 15 is 0 Å². The third-order valence-corrected chi connectivity index (χ3v) is 9.72. The van der Waals surface area contributed by atoms with Gasteiger partial charge in [-0.1, -0.05) is 87.6 Å². The third-order valence-electron chi connectivity index (χ3n) is 9.72. The molecule has 51 heavy (non-hydrogen) atoms. The molecule has 0 N–H and O–H groups in total. The van der Waals surface area contributed by atoms with Crippen LogP contribution in [0.3, 0.4) is 0 Å². The Hall–Kier alpha value is -4.50. The maximum atomic E-state index is 6.91. The Morgan fingerprint density at radius 2 is 0.902 bits per heavy atom. The lowest BCUT2D eigenvalue weighted by Crippen LogP contribution is -2.50. The van der Waals surface area contributed by atoms with Gasteiger partial charge in [-0.2, -0.15) is 0 Å². The average molecular weight is 618 g/mol. The van der Waals surface area contributed by atoms with Crippen LogP contribution in [0.5, 0.6) is 0 Å². The molecular weight excluding hydrogens is 603 g/mol. The minimum absolute atomic E-state index is 0.136. The average Bonchev–Trinajstić information content (AvgIpc) is 3.54. The van der Waals surface area contributed by atoms with Crippen molar-refractivity contribution in [3.63, 3.8) is 0 Å². The summed E-state index contributed by atoms with van der Waals surface area (Å²) >= 11 is 0. The van der Waals surface area contributed by atoms with Crippen molar-refractivity contribution in [1.29, 1.82) is 0 Å². The van der Waals surface area contributed by atoms with Crippen molar-refractivity contribution >= 4 is 173 Å². The smallest absolute Gasteiger partial charge is 0.113 e. The fraction of sp³-hybridized carbons (Fsp3) is 0.0263. The van der Waals surface area contributed by atoms with Crippen molar-refractivity contribution in [3.05, 3.63) is 96.8 Å². The maximum absolute atomic E-state index is 6.91. The second-order valence-corrected chi connectivity index (χ2v) is 12.9. The fourth-order valence-electron chi connectivity index (χ4n) is 7.22. The van der Waals surface area contributed by atoms with Crippen LogP contribution in [0.25, 0.3) is 71.3 Å². The summed E-state index contributed by atoms with van der Waals surface area (Å²) in [5.41, 5.74) is 6.29. The highest BCUT2D eigenvalue weighted by Gasteiger charge is 2.26. The number of hydrogen-bond acceptors (Lipinski definition) is 1. The Labute approximate surface area is 311 Å². The molecule has 8 aromatic rings. The van der Waals surface area contributed by atoms with Crippen molar-refractivity contribution in [2.24, 2.45) is 0 Å². The van der Waals surface area contributed by atoms with E-state index in [0.717, 1.165) is 21.9 Å². The largest absolute Gasteiger partial charge is 0.298 e. The van der Waals surface area contributed by atoms with Gasteiger partial charge < -0.3 is 0 Å². The number of rotatable bonds is 4. The maximum Gasteiger partial charge on any atom is 0.113 e. The van der Waals surface area contributed by atoms with Crippen LogP contribution in [0, 0.1) is 0 Å². The van der Waals surface area contributed by atoms with Crippen molar-refractivity contribution in [2.75, 3.05) is 0 Å². The summed E-state index contributed by atoms with van der Waals surface area (Å²) in [6.45, 7) is 0. The van der Waals surface area contributed by atoms with Gasteiger partial charge in [0.05, 0.1) is 40.4 Å². The monoisotopic (exact) mass is 620 g/mol. The van der Waals surface area contributed by atoms with Crippen LogP contribution in [0.2, 0.25) is 0 Å². The van der Waals surface area contributed by atoms with E-state index in [-0.39, 0.29) is 49.5 Å². The summed E-state index contributed by atoms with van der Waals surface area (Å²) in [7, 11) is 72.3. The molecule has 8 rings (SSSR count). The Bertz CT molecular complexity index is 2690. The van der Waals surface area contributed by atoms with E-state index in [0.29, 0.717) is 49.4 Å². The SMILES string of the molecule is [B]c1c([B])c([B])c2c(-c3ccc4ccccc4c3)c3c([B])c([B])c([B])c([B])c3c(-c3ccc(-n4c(C([B])([B])[B])nc5ccccc54)cc3)c2c1[B]. The molecule has 0 bridgehead atoms. The third kappa shape index (κ3) is 5.06. The Balaban J connectivity index is 1.52. The quantitative estimate of drug-likeness (QED) is 0.179. The molecule has 0 aliphatic carbocycles. The molecule has 1 heterocycles. The van der Waals surface area contributed by atoms with Crippen LogP contribution in [0.15, 0.2) is 91.0 Å². The predicted octanol–water partition coefficient (Wildman–Crippen LogP) is -1.21.